The second-order valence-electron chi connectivity index (χ2n) is 5.26. The Labute approximate surface area is 89.7 Å². The molecule has 1 aliphatic carbocycles. The van der Waals surface area contributed by atoms with E-state index in [1.807, 2.05) is 0 Å². The van der Waals surface area contributed by atoms with Crippen molar-refractivity contribution in [1.29, 1.82) is 0 Å². The van der Waals surface area contributed by atoms with Gasteiger partial charge in [-0.3, -0.25) is 0 Å². The Morgan fingerprint density at radius 3 is 2.71 bits per heavy atom. The molecule has 2 unspecified atom stereocenters. The Balaban J connectivity index is 2.04. The fourth-order valence-electron chi connectivity index (χ4n) is 2.63. The zero-order chi connectivity index (χ0) is 10.4. The third kappa shape index (κ3) is 4.45. The summed E-state index contributed by atoms with van der Waals surface area (Å²) in [5, 5.41) is 3.57. The van der Waals surface area contributed by atoms with E-state index < -0.39 is 0 Å². The smallest absolute Gasteiger partial charge is 0.00696 e. The minimum Gasteiger partial charge on any atom is -0.314 e. The molecule has 1 fully saturated rings. The molecule has 1 nitrogen and oxygen atoms in total. The minimum absolute atomic E-state index is 0.837. The van der Waals surface area contributed by atoms with Crippen LogP contribution in [0.25, 0.3) is 0 Å². The normalized spacial score (nSPS) is 27.4. The lowest BCUT2D eigenvalue weighted by atomic mass is 9.97. The van der Waals surface area contributed by atoms with Crippen LogP contribution in [0.5, 0.6) is 0 Å². The molecule has 1 N–H and O–H groups in total. The molecule has 0 amide bonds. The summed E-state index contributed by atoms with van der Waals surface area (Å²) in [4.78, 5) is 0. The first-order chi connectivity index (χ1) is 6.72. The van der Waals surface area contributed by atoms with Crippen molar-refractivity contribution in [3.63, 3.8) is 0 Å². The zero-order valence-corrected chi connectivity index (χ0v) is 10.2. The van der Waals surface area contributed by atoms with Gasteiger partial charge in [-0.25, -0.2) is 0 Å². The van der Waals surface area contributed by atoms with Crippen LogP contribution in [0.3, 0.4) is 0 Å². The van der Waals surface area contributed by atoms with E-state index in [9.17, 15) is 0 Å². The van der Waals surface area contributed by atoms with Crippen LogP contribution in [0.15, 0.2) is 0 Å². The molecule has 0 spiro atoms. The molecule has 14 heavy (non-hydrogen) atoms. The SMILES string of the molecule is CCNC1CCC(CCCC(C)C)C1. The number of rotatable bonds is 6. The van der Waals surface area contributed by atoms with E-state index in [4.69, 9.17) is 0 Å². The maximum atomic E-state index is 3.57. The van der Waals surface area contributed by atoms with Gasteiger partial charge in [0, 0.05) is 6.04 Å². The van der Waals surface area contributed by atoms with E-state index in [1.165, 1.54) is 38.5 Å². The van der Waals surface area contributed by atoms with Gasteiger partial charge in [0.15, 0.2) is 0 Å². The minimum atomic E-state index is 0.837. The summed E-state index contributed by atoms with van der Waals surface area (Å²) in [6.45, 7) is 8.02. The van der Waals surface area contributed by atoms with Gasteiger partial charge >= 0.3 is 0 Å². The Morgan fingerprint density at radius 1 is 1.29 bits per heavy atom. The van der Waals surface area contributed by atoms with Crippen LogP contribution >= 0.6 is 0 Å². The summed E-state index contributed by atoms with van der Waals surface area (Å²) in [6.07, 6.45) is 8.66. The van der Waals surface area contributed by atoms with Crippen LogP contribution in [0.2, 0.25) is 0 Å². The third-order valence-electron chi connectivity index (χ3n) is 3.43. The van der Waals surface area contributed by atoms with Gasteiger partial charge in [-0.2, -0.15) is 0 Å². The van der Waals surface area contributed by atoms with Crippen LogP contribution in [0, 0.1) is 11.8 Å². The van der Waals surface area contributed by atoms with Gasteiger partial charge in [-0.1, -0.05) is 40.0 Å². The monoisotopic (exact) mass is 197 g/mol. The molecular formula is C13H27N. The average Bonchev–Trinajstić information content (AvgIpc) is 2.53. The molecule has 2 atom stereocenters. The standard InChI is InChI=1S/C13H27N/c1-4-14-13-9-8-12(10-13)7-5-6-11(2)3/h11-14H,4-10H2,1-3H3. The van der Waals surface area contributed by atoms with E-state index in [1.54, 1.807) is 0 Å². The lowest BCUT2D eigenvalue weighted by Crippen LogP contribution is -2.25. The Bertz CT molecular complexity index is 142. The molecule has 0 bridgehead atoms. The molecular weight excluding hydrogens is 170 g/mol. The van der Waals surface area contributed by atoms with Crippen molar-refractivity contribution in [3.05, 3.63) is 0 Å². The van der Waals surface area contributed by atoms with Gasteiger partial charge in [0.2, 0.25) is 0 Å². The highest BCUT2D eigenvalue weighted by atomic mass is 14.9. The van der Waals surface area contributed by atoms with Gasteiger partial charge in [0.25, 0.3) is 0 Å². The molecule has 0 aromatic heterocycles. The molecule has 0 aromatic carbocycles. The van der Waals surface area contributed by atoms with Gasteiger partial charge in [0.05, 0.1) is 0 Å². The molecule has 0 aromatic rings. The van der Waals surface area contributed by atoms with Gasteiger partial charge in [-0.15, -0.1) is 0 Å². The van der Waals surface area contributed by atoms with Crippen molar-refractivity contribution >= 4 is 0 Å². The van der Waals surface area contributed by atoms with E-state index >= 15 is 0 Å². The fraction of sp³-hybridized carbons (Fsp3) is 1.00. The summed E-state index contributed by atoms with van der Waals surface area (Å²) in [6, 6.07) is 0.837. The Hall–Kier alpha value is -0.0400. The average molecular weight is 197 g/mol. The highest BCUT2D eigenvalue weighted by molar-refractivity contribution is 4.80. The fourth-order valence-corrected chi connectivity index (χ4v) is 2.63. The number of hydrogen-bond acceptors (Lipinski definition) is 1. The van der Waals surface area contributed by atoms with Crippen molar-refractivity contribution in [2.75, 3.05) is 6.54 Å². The highest BCUT2D eigenvalue weighted by Crippen LogP contribution is 2.30. The lowest BCUT2D eigenvalue weighted by Gasteiger charge is -2.12. The number of nitrogens with one attached hydrogen (secondary N) is 1. The van der Waals surface area contributed by atoms with Crippen LogP contribution < -0.4 is 5.32 Å². The molecule has 0 radical (unpaired) electrons. The molecule has 1 rings (SSSR count). The van der Waals surface area contributed by atoms with Crippen molar-refractivity contribution in [2.45, 2.75) is 65.3 Å². The Kier molecular flexibility index (Phi) is 5.54. The van der Waals surface area contributed by atoms with E-state index in [0.29, 0.717) is 0 Å². The van der Waals surface area contributed by atoms with E-state index in [-0.39, 0.29) is 0 Å². The quantitative estimate of drug-likeness (QED) is 0.686. The summed E-state index contributed by atoms with van der Waals surface area (Å²) in [7, 11) is 0. The molecule has 0 heterocycles. The lowest BCUT2D eigenvalue weighted by molar-refractivity contribution is 0.427. The maximum absolute atomic E-state index is 3.57. The molecule has 1 heteroatoms. The maximum Gasteiger partial charge on any atom is 0.00696 e. The molecule has 84 valence electrons. The van der Waals surface area contributed by atoms with E-state index in [2.05, 4.69) is 26.1 Å². The second-order valence-corrected chi connectivity index (χ2v) is 5.26. The Morgan fingerprint density at radius 2 is 2.07 bits per heavy atom. The summed E-state index contributed by atoms with van der Waals surface area (Å²) >= 11 is 0. The summed E-state index contributed by atoms with van der Waals surface area (Å²) in [5.41, 5.74) is 0. The van der Waals surface area contributed by atoms with Crippen LogP contribution in [0.1, 0.15) is 59.3 Å². The van der Waals surface area contributed by atoms with Gasteiger partial charge < -0.3 is 5.32 Å². The van der Waals surface area contributed by atoms with Crippen LogP contribution in [-0.4, -0.2) is 12.6 Å². The van der Waals surface area contributed by atoms with Crippen molar-refractivity contribution in [3.8, 4) is 0 Å². The van der Waals surface area contributed by atoms with Crippen molar-refractivity contribution < 1.29 is 0 Å². The van der Waals surface area contributed by atoms with Crippen LogP contribution in [-0.2, 0) is 0 Å². The van der Waals surface area contributed by atoms with Crippen molar-refractivity contribution in [1.82, 2.24) is 5.32 Å². The molecule has 1 aliphatic rings. The predicted octanol–water partition coefficient (Wildman–Crippen LogP) is 3.59. The second kappa shape index (κ2) is 6.44. The van der Waals surface area contributed by atoms with Gasteiger partial charge in [0.1, 0.15) is 0 Å². The van der Waals surface area contributed by atoms with Crippen molar-refractivity contribution in [2.24, 2.45) is 11.8 Å². The van der Waals surface area contributed by atoms with Gasteiger partial charge in [-0.05, 0) is 37.6 Å². The number of hydrogen-bond donors (Lipinski definition) is 1. The first-order valence-electron chi connectivity index (χ1n) is 6.45. The predicted molar refractivity (Wildman–Crippen MR) is 63.5 cm³/mol. The molecule has 1 saturated carbocycles. The van der Waals surface area contributed by atoms with E-state index in [0.717, 1.165) is 24.4 Å². The molecule has 0 aliphatic heterocycles. The largest absolute Gasteiger partial charge is 0.314 e. The van der Waals surface area contributed by atoms with Crippen LogP contribution in [0.4, 0.5) is 0 Å². The topological polar surface area (TPSA) is 12.0 Å². The first kappa shape index (κ1) is 12.0. The molecule has 0 saturated heterocycles. The summed E-state index contributed by atoms with van der Waals surface area (Å²) < 4.78 is 0. The first-order valence-corrected chi connectivity index (χ1v) is 6.45. The highest BCUT2D eigenvalue weighted by Gasteiger charge is 2.23. The zero-order valence-electron chi connectivity index (χ0n) is 10.2. The third-order valence-corrected chi connectivity index (χ3v) is 3.43. The summed E-state index contributed by atoms with van der Waals surface area (Å²) in [5.74, 6) is 1.92.